The quantitative estimate of drug-likeness (QED) is 0.774. The highest BCUT2D eigenvalue weighted by Crippen LogP contribution is 2.35. The minimum atomic E-state index is -0.404. The number of hydrogen-bond acceptors (Lipinski definition) is 4. The molecular formula is C13H17FN2O2. The van der Waals surface area contributed by atoms with Gasteiger partial charge in [-0.3, -0.25) is 0 Å². The lowest BCUT2D eigenvalue weighted by molar-refractivity contribution is -0.169. The molecule has 4 nitrogen and oxygen atoms in total. The van der Waals surface area contributed by atoms with Crippen molar-refractivity contribution in [2.45, 2.75) is 18.6 Å². The van der Waals surface area contributed by atoms with Crippen molar-refractivity contribution in [2.24, 2.45) is 0 Å². The van der Waals surface area contributed by atoms with Crippen molar-refractivity contribution in [1.82, 2.24) is 0 Å². The summed E-state index contributed by atoms with van der Waals surface area (Å²) in [7, 11) is 0. The van der Waals surface area contributed by atoms with E-state index >= 15 is 0 Å². The molecule has 2 fully saturated rings. The van der Waals surface area contributed by atoms with Gasteiger partial charge < -0.3 is 20.1 Å². The second-order valence-corrected chi connectivity index (χ2v) is 4.80. The summed E-state index contributed by atoms with van der Waals surface area (Å²) >= 11 is 0. The van der Waals surface area contributed by atoms with Crippen molar-refractivity contribution in [2.75, 3.05) is 36.9 Å². The average molecular weight is 252 g/mol. The van der Waals surface area contributed by atoms with Crippen molar-refractivity contribution in [3.8, 4) is 0 Å². The minimum Gasteiger partial charge on any atom is -0.397 e. The molecule has 0 unspecified atom stereocenters. The second kappa shape index (κ2) is 4.40. The number of hydrogen-bond donors (Lipinski definition) is 1. The number of rotatable bonds is 1. The van der Waals surface area contributed by atoms with Crippen molar-refractivity contribution >= 4 is 11.4 Å². The number of nitrogen functional groups attached to an aromatic ring is 1. The Bertz CT molecular complexity index is 437. The van der Waals surface area contributed by atoms with Crippen LogP contribution in [0.2, 0.25) is 0 Å². The molecule has 2 aliphatic rings. The third-order valence-corrected chi connectivity index (χ3v) is 3.67. The molecule has 2 aliphatic heterocycles. The molecule has 0 aliphatic carbocycles. The molecule has 1 aromatic carbocycles. The molecule has 0 bridgehead atoms. The molecule has 1 spiro atoms. The highest BCUT2D eigenvalue weighted by atomic mass is 19.1. The van der Waals surface area contributed by atoms with Gasteiger partial charge in [0.05, 0.1) is 24.6 Å². The largest absolute Gasteiger partial charge is 0.397 e. The monoisotopic (exact) mass is 252 g/mol. The van der Waals surface area contributed by atoms with E-state index in [-0.39, 0.29) is 5.82 Å². The van der Waals surface area contributed by atoms with Gasteiger partial charge in [0.15, 0.2) is 5.79 Å². The maximum absolute atomic E-state index is 13.3. The van der Waals surface area contributed by atoms with Crippen LogP contribution in [0.1, 0.15) is 12.8 Å². The van der Waals surface area contributed by atoms with Crippen LogP contribution in [-0.4, -0.2) is 32.1 Å². The first-order valence-corrected chi connectivity index (χ1v) is 6.26. The van der Waals surface area contributed by atoms with Crippen LogP contribution < -0.4 is 10.6 Å². The Labute approximate surface area is 105 Å². The Morgan fingerprint density at radius 2 is 1.83 bits per heavy atom. The number of anilines is 2. The first-order valence-electron chi connectivity index (χ1n) is 6.26. The van der Waals surface area contributed by atoms with Gasteiger partial charge in [-0.15, -0.1) is 0 Å². The minimum absolute atomic E-state index is 0.257. The molecule has 98 valence electrons. The molecule has 2 heterocycles. The van der Waals surface area contributed by atoms with E-state index in [4.69, 9.17) is 15.2 Å². The molecule has 5 heteroatoms. The maximum atomic E-state index is 13.3. The molecule has 1 aromatic rings. The lowest BCUT2D eigenvalue weighted by atomic mass is 10.0. The van der Waals surface area contributed by atoms with Gasteiger partial charge in [-0.25, -0.2) is 4.39 Å². The Hall–Kier alpha value is -1.33. The van der Waals surface area contributed by atoms with Gasteiger partial charge in [0.1, 0.15) is 5.82 Å². The zero-order chi connectivity index (χ0) is 12.6. The summed E-state index contributed by atoms with van der Waals surface area (Å²) < 4.78 is 24.6. The molecule has 18 heavy (non-hydrogen) atoms. The molecule has 0 atom stereocenters. The average Bonchev–Trinajstić information content (AvgIpc) is 2.82. The molecule has 0 amide bonds. The number of piperidine rings is 1. The number of halogens is 1. The van der Waals surface area contributed by atoms with E-state index in [0.717, 1.165) is 31.6 Å². The van der Waals surface area contributed by atoms with Crippen molar-refractivity contribution in [1.29, 1.82) is 0 Å². The van der Waals surface area contributed by atoms with Gasteiger partial charge in [0.2, 0.25) is 0 Å². The summed E-state index contributed by atoms with van der Waals surface area (Å²) in [5, 5.41) is 0. The standard InChI is InChI=1S/C13H17FN2O2/c14-10-1-2-11(15)12(9-10)16-5-3-13(4-6-16)17-7-8-18-13/h1-2,9H,3-8,15H2. The highest BCUT2D eigenvalue weighted by Gasteiger charge is 2.40. The fourth-order valence-electron chi connectivity index (χ4n) is 2.66. The van der Waals surface area contributed by atoms with E-state index < -0.39 is 5.79 Å². The van der Waals surface area contributed by atoms with E-state index in [1.807, 2.05) is 0 Å². The van der Waals surface area contributed by atoms with Crippen LogP contribution >= 0.6 is 0 Å². The summed E-state index contributed by atoms with van der Waals surface area (Å²) in [6, 6.07) is 4.48. The number of nitrogens with zero attached hydrogens (tertiary/aromatic N) is 1. The third kappa shape index (κ3) is 2.04. The van der Waals surface area contributed by atoms with E-state index in [1.165, 1.54) is 12.1 Å². The van der Waals surface area contributed by atoms with Gasteiger partial charge in [-0.1, -0.05) is 0 Å². The van der Waals surface area contributed by atoms with Gasteiger partial charge in [0, 0.05) is 25.9 Å². The molecule has 2 saturated heterocycles. The molecular weight excluding hydrogens is 235 g/mol. The predicted molar refractivity (Wildman–Crippen MR) is 66.9 cm³/mol. The predicted octanol–water partition coefficient (Wildman–Crippen LogP) is 1.75. The first-order chi connectivity index (χ1) is 8.69. The Morgan fingerprint density at radius 3 is 2.50 bits per heavy atom. The lowest BCUT2D eigenvalue weighted by Crippen LogP contribution is -2.45. The fraction of sp³-hybridized carbons (Fsp3) is 0.538. The Morgan fingerprint density at radius 1 is 1.17 bits per heavy atom. The maximum Gasteiger partial charge on any atom is 0.171 e. The first kappa shape index (κ1) is 11.7. The Kier molecular flexibility index (Phi) is 2.87. The van der Waals surface area contributed by atoms with Gasteiger partial charge in [-0.2, -0.15) is 0 Å². The molecule has 0 saturated carbocycles. The van der Waals surface area contributed by atoms with Crippen LogP contribution in [0, 0.1) is 5.82 Å². The molecule has 0 aromatic heterocycles. The smallest absolute Gasteiger partial charge is 0.171 e. The van der Waals surface area contributed by atoms with E-state index in [0.29, 0.717) is 18.9 Å². The van der Waals surface area contributed by atoms with Crippen LogP contribution in [0.3, 0.4) is 0 Å². The topological polar surface area (TPSA) is 47.7 Å². The van der Waals surface area contributed by atoms with Crippen LogP contribution in [0.25, 0.3) is 0 Å². The van der Waals surface area contributed by atoms with Crippen LogP contribution in [-0.2, 0) is 9.47 Å². The zero-order valence-corrected chi connectivity index (χ0v) is 10.2. The molecule has 3 rings (SSSR count). The third-order valence-electron chi connectivity index (χ3n) is 3.67. The van der Waals surface area contributed by atoms with Crippen molar-refractivity contribution < 1.29 is 13.9 Å². The van der Waals surface area contributed by atoms with E-state index in [1.54, 1.807) is 6.07 Å². The second-order valence-electron chi connectivity index (χ2n) is 4.80. The van der Waals surface area contributed by atoms with Gasteiger partial charge in [0.25, 0.3) is 0 Å². The molecule has 2 N–H and O–H groups in total. The number of ether oxygens (including phenoxy) is 2. The van der Waals surface area contributed by atoms with Crippen molar-refractivity contribution in [3.63, 3.8) is 0 Å². The summed E-state index contributed by atoms with van der Waals surface area (Å²) in [6.07, 6.45) is 1.59. The van der Waals surface area contributed by atoms with E-state index in [2.05, 4.69) is 4.90 Å². The van der Waals surface area contributed by atoms with E-state index in [9.17, 15) is 4.39 Å². The Balaban J connectivity index is 1.74. The number of benzene rings is 1. The zero-order valence-electron chi connectivity index (χ0n) is 10.2. The van der Waals surface area contributed by atoms with Crippen LogP contribution in [0.4, 0.5) is 15.8 Å². The lowest BCUT2D eigenvalue weighted by Gasteiger charge is -2.39. The number of nitrogens with two attached hydrogens (primary N) is 1. The SMILES string of the molecule is Nc1ccc(F)cc1N1CCC2(CC1)OCCO2. The van der Waals surface area contributed by atoms with Crippen molar-refractivity contribution in [3.05, 3.63) is 24.0 Å². The van der Waals surface area contributed by atoms with Crippen LogP contribution in [0.5, 0.6) is 0 Å². The summed E-state index contributed by atoms with van der Waals surface area (Å²) in [4.78, 5) is 2.09. The summed E-state index contributed by atoms with van der Waals surface area (Å²) in [6.45, 7) is 2.88. The normalized spacial score (nSPS) is 22.6. The van der Waals surface area contributed by atoms with Gasteiger partial charge in [-0.05, 0) is 18.2 Å². The van der Waals surface area contributed by atoms with Gasteiger partial charge >= 0.3 is 0 Å². The molecule has 0 radical (unpaired) electrons. The van der Waals surface area contributed by atoms with Crippen LogP contribution in [0.15, 0.2) is 18.2 Å². The fourth-order valence-corrected chi connectivity index (χ4v) is 2.66. The summed E-state index contributed by atoms with van der Waals surface area (Å²) in [5.41, 5.74) is 7.27. The highest BCUT2D eigenvalue weighted by molar-refractivity contribution is 5.67. The summed E-state index contributed by atoms with van der Waals surface area (Å²) in [5.74, 6) is -0.661.